The van der Waals surface area contributed by atoms with E-state index < -0.39 is 24.3 Å². The molecule has 2 atom stereocenters. The number of hydrogen-bond donors (Lipinski definition) is 1. The number of ether oxygens (including phenoxy) is 4. The molecule has 0 fully saturated rings. The van der Waals surface area contributed by atoms with Gasteiger partial charge >= 0.3 is 17.9 Å². The first-order valence-corrected chi connectivity index (χ1v) is 29.8. The molecular formula is C64H112NO8+. The van der Waals surface area contributed by atoms with Gasteiger partial charge in [0.2, 0.25) is 0 Å². The molecule has 9 heteroatoms. The number of rotatable bonds is 54. The largest absolute Gasteiger partial charge is 0.477 e. The molecule has 0 radical (unpaired) electrons. The highest BCUT2D eigenvalue weighted by molar-refractivity contribution is 5.71. The van der Waals surface area contributed by atoms with Gasteiger partial charge in [0.25, 0.3) is 6.29 Å². The first-order valence-electron chi connectivity index (χ1n) is 29.8. The Morgan fingerprint density at radius 2 is 0.781 bits per heavy atom. The lowest BCUT2D eigenvalue weighted by molar-refractivity contribution is -0.870. The number of allylic oxidation sites excluding steroid dienone is 14. The van der Waals surface area contributed by atoms with Crippen LogP contribution < -0.4 is 0 Å². The van der Waals surface area contributed by atoms with Crippen LogP contribution in [0.15, 0.2) is 85.1 Å². The molecule has 0 aliphatic heterocycles. The van der Waals surface area contributed by atoms with Crippen molar-refractivity contribution < 1.29 is 42.9 Å². The van der Waals surface area contributed by atoms with E-state index in [4.69, 9.17) is 18.9 Å². The number of nitrogens with zero attached hydrogens (tertiary/aromatic N) is 1. The SMILES string of the molecule is CC/C=C\C/C=C\C/C=C\C/C=C\C/C=C\C/C=C\CCCCCCCCCCCCCCCCC(=O)OC(COC(=O)CCCCCCC/C=C\CCCCCCCC)COC(OCC[N+](C)(C)C)C(=O)O. The minimum atomic E-state index is -1.51. The zero-order valence-electron chi connectivity index (χ0n) is 47.8. The van der Waals surface area contributed by atoms with Crippen LogP contribution in [-0.4, -0.2) is 87.4 Å². The first kappa shape index (κ1) is 69.5. The fraction of sp³-hybridized carbons (Fsp3) is 0.734. The zero-order chi connectivity index (χ0) is 53.4. The Morgan fingerprint density at radius 1 is 0.425 bits per heavy atom. The second-order valence-corrected chi connectivity index (χ2v) is 20.9. The van der Waals surface area contributed by atoms with Gasteiger partial charge in [-0.25, -0.2) is 4.79 Å². The molecule has 0 aromatic heterocycles. The highest BCUT2D eigenvalue weighted by atomic mass is 16.7. The summed E-state index contributed by atoms with van der Waals surface area (Å²) in [5, 5.41) is 9.70. The Hall–Kier alpha value is -3.53. The van der Waals surface area contributed by atoms with Crippen LogP contribution in [0.4, 0.5) is 0 Å². The average molecular weight is 1020 g/mol. The first-order chi connectivity index (χ1) is 35.6. The third-order valence-electron chi connectivity index (χ3n) is 12.6. The predicted octanol–water partition coefficient (Wildman–Crippen LogP) is 17.6. The van der Waals surface area contributed by atoms with Gasteiger partial charge in [0.1, 0.15) is 13.2 Å². The average Bonchev–Trinajstić information content (AvgIpc) is 3.36. The van der Waals surface area contributed by atoms with Crippen molar-refractivity contribution in [3.05, 3.63) is 85.1 Å². The fourth-order valence-electron chi connectivity index (χ4n) is 8.07. The van der Waals surface area contributed by atoms with Crippen molar-refractivity contribution in [1.29, 1.82) is 0 Å². The highest BCUT2D eigenvalue weighted by Crippen LogP contribution is 2.16. The van der Waals surface area contributed by atoms with Crippen LogP contribution in [-0.2, 0) is 33.3 Å². The maximum absolute atomic E-state index is 12.9. The Morgan fingerprint density at radius 3 is 1.18 bits per heavy atom. The van der Waals surface area contributed by atoms with Gasteiger partial charge in [0.05, 0.1) is 34.4 Å². The molecular weight excluding hydrogens is 911 g/mol. The van der Waals surface area contributed by atoms with Crippen molar-refractivity contribution in [2.45, 2.75) is 257 Å². The molecule has 0 aromatic carbocycles. The summed E-state index contributed by atoms with van der Waals surface area (Å²) >= 11 is 0. The third kappa shape index (κ3) is 56.0. The maximum Gasteiger partial charge on any atom is 0.361 e. The van der Waals surface area contributed by atoms with Crippen LogP contribution in [0.3, 0.4) is 0 Å². The number of quaternary nitrogens is 1. The molecule has 9 nitrogen and oxygen atoms in total. The molecule has 0 heterocycles. The molecule has 0 aliphatic rings. The van der Waals surface area contributed by atoms with Gasteiger partial charge in [0, 0.05) is 12.8 Å². The lowest BCUT2D eigenvalue weighted by Gasteiger charge is -2.25. The number of carbonyl (C=O) groups excluding carboxylic acids is 2. The number of carboxylic acid groups (broad SMARTS) is 1. The van der Waals surface area contributed by atoms with Gasteiger partial charge in [-0.15, -0.1) is 0 Å². The summed E-state index contributed by atoms with van der Waals surface area (Å²) in [7, 11) is 5.96. The van der Waals surface area contributed by atoms with E-state index in [0.717, 1.165) is 96.3 Å². The van der Waals surface area contributed by atoms with E-state index in [0.29, 0.717) is 17.4 Å². The molecule has 0 saturated carbocycles. The Bertz CT molecular complexity index is 1470. The topological polar surface area (TPSA) is 108 Å². The van der Waals surface area contributed by atoms with Gasteiger partial charge < -0.3 is 28.5 Å². The van der Waals surface area contributed by atoms with E-state index in [2.05, 4.69) is 98.9 Å². The summed E-state index contributed by atoms with van der Waals surface area (Å²) in [4.78, 5) is 37.4. The molecule has 420 valence electrons. The van der Waals surface area contributed by atoms with Crippen LogP contribution in [0.25, 0.3) is 0 Å². The van der Waals surface area contributed by atoms with Gasteiger partial charge in [0.15, 0.2) is 6.10 Å². The fourth-order valence-corrected chi connectivity index (χ4v) is 8.07. The van der Waals surface area contributed by atoms with E-state index in [1.165, 1.54) is 122 Å². The lowest BCUT2D eigenvalue weighted by Crippen LogP contribution is -2.40. The van der Waals surface area contributed by atoms with Crippen LogP contribution in [0, 0.1) is 0 Å². The number of likely N-dealkylation sites (N-methyl/N-ethyl adjacent to an activating group) is 1. The molecule has 0 bridgehead atoms. The monoisotopic (exact) mass is 1020 g/mol. The maximum atomic E-state index is 12.9. The van der Waals surface area contributed by atoms with Crippen molar-refractivity contribution >= 4 is 17.9 Å². The van der Waals surface area contributed by atoms with Gasteiger partial charge in [-0.3, -0.25) is 9.59 Å². The summed E-state index contributed by atoms with van der Waals surface area (Å²) < 4.78 is 22.9. The van der Waals surface area contributed by atoms with Crippen LogP contribution >= 0.6 is 0 Å². The van der Waals surface area contributed by atoms with Gasteiger partial charge in [-0.05, 0) is 89.9 Å². The minimum Gasteiger partial charge on any atom is -0.477 e. The molecule has 2 unspecified atom stereocenters. The van der Waals surface area contributed by atoms with E-state index in [1.807, 2.05) is 21.1 Å². The summed E-state index contributed by atoms with van der Waals surface area (Å²) in [5.74, 6) is -2.02. The van der Waals surface area contributed by atoms with Crippen LogP contribution in [0.5, 0.6) is 0 Å². The second kappa shape index (κ2) is 54.7. The number of esters is 2. The number of hydrogen-bond acceptors (Lipinski definition) is 7. The second-order valence-electron chi connectivity index (χ2n) is 20.9. The van der Waals surface area contributed by atoms with E-state index in [-0.39, 0.29) is 32.2 Å². The molecule has 0 rings (SSSR count). The lowest BCUT2D eigenvalue weighted by atomic mass is 10.0. The minimum absolute atomic E-state index is 0.184. The molecule has 1 N–H and O–H groups in total. The van der Waals surface area contributed by atoms with E-state index >= 15 is 0 Å². The van der Waals surface area contributed by atoms with Crippen molar-refractivity contribution in [2.75, 3.05) is 47.5 Å². The summed E-state index contributed by atoms with van der Waals surface area (Å²) in [6.45, 7) is 4.75. The zero-order valence-corrected chi connectivity index (χ0v) is 47.8. The third-order valence-corrected chi connectivity index (χ3v) is 12.6. The molecule has 0 spiro atoms. The molecule has 0 saturated heterocycles. The number of carboxylic acids is 1. The van der Waals surface area contributed by atoms with Crippen LogP contribution in [0.2, 0.25) is 0 Å². The summed E-state index contributed by atoms with van der Waals surface area (Å²) in [6, 6.07) is 0. The molecule has 0 aromatic rings. The van der Waals surface area contributed by atoms with Crippen LogP contribution in [0.1, 0.15) is 245 Å². The quantitative estimate of drug-likeness (QED) is 0.0211. The predicted molar refractivity (Wildman–Crippen MR) is 309 cm³/mol. The summed E-state index contributed by atoms with van der Waals surface area (Å²) in [6.07, 6.45) is 69.5. The Balaban J connectivity index is 4.15. The Labute approximate surface area is 449 Å². The molecule has 73 heavy (non-hydrogen) atoms. The van der Waals surface area contributed by atoms with E-state index in [1.54, 1.807) is 0 Å². The van der Waals surface area contributed by atoms with Crippen molar-refractivity contribution in [3.63, 3.8) is 0 Å². The normalized spacial score (nSPS) is 13.4. The van der Waals surface area contributed by atoms with Crippen molar-refractivity contribution in [2.24, 2.45) is 0 Å². The van der Waals surface area contributed by atoms with E-state index in [9.17, 15) is 19.5 Å². The molecule has 0 aliphatic carbocycles. The smallest absolute Gasteiger partial charge is 0.361 e. The molecule has 0 amide bonds. The van der Waals surface area contributed by atoms with Gasteiger partial charge in [-0.2, -0.15) is 0 Å². The number of carbonyl (C=O) groups is 3. The standard InChI is InChI=1S/C64H111NO8/c1-6-8-10-12-14-16-18-20-22-23-24-25-26-27-28-29-30-31-32-33-34-35-36-37-38-39-41-43-45-47-49-51-53-55-62(67)73-60(59-72-64(63(68)69)70-57-56-65(3,4)5)58-71-61(66)54-52-50-48-46-44-42-40-21-19-17-15-13-11-9-7-2/h8,10,14,16,20-22,24-25,27-28,30-31,40,60,64H,6-7,9,11-13,15,17-19,23,26,29,32-39,41-59H2,1-5H3/p+1/b10-8-,16-14-,22-20-,25-24-,28-27-,31-30-,40-21-. The highest BCUT2D eigenvalue weighted by Gasteiger charge is 2.25. The summed E-state index contributed by atoms with van der Waals surface area (Å²) in [5.41, 5.74) is 0. The number of unbranched alkanes of at least 4 members (excludes halogenated alkanes) is 25. The van der Waals surface area contributed by atoms with Crippen molar-refractivity contribution in [1.82, 2.24) is 0 Å². The van der Waals surface area contributed by atoms with Gasteiger partial charge in [-0.1, -0.05) is 227 Å². The van der Waals surface area contributed by atoms with Crippen molar-refractivity contribution in [3.8, 4) is 0 Å². The Kier molecular flexibility index (Phi) is 52.1. The number of aliphatic carboxylic acids is 1.